The molecule has 1 unspecified atom stereocenters. The second-order valence-electron chi connectivity index (χ2n) is 7.37. The first-order valence-electron chi connectivity index (χ1n) is 9.79. The predicted molar refractivity (Wildman–Crippen MR) is 117 cm³/mol. The van der Waals surface area contributed by atoms with E-state index in [0.29, 0.717) is 33.3 Å². The van der Waals surface area contributed by atoms with Crippen molar-refractivity contribution >= 4 is 34.3 Å². The van der Waals surface area contributed by atoms with Crippen molar-refractivity contribution in [3.8, 4) is 5.75 Å². The van der Waals surface area contributed by atoms with Crippen LogP contribution in [-0.4, -0.2) is 26.9 Å². The minimum Gasteiger partial charge on any atom is -0.494 e. The Labute approximate surface area is 186 Å². The lowest BCUT2D eigenvalue weighted by Gasteiger charge is -2.25. The summed E-state index contributed by atoms with van der Waals surface area (Å²) in [5, 5.41) is 11.6. The smallest absolute Gasteiger partial charge is 0.342 e. The van der Waals surface area contributed by atoms with E-state index in [0.717, 1.165) is 11.7 Å². The summed E-state index contributed by atoms with van der Waals surface area (Å²) in [6.07, 6.45) is 0.0841. The van der Waals surface area contributed by atoms with Crippen molar-refractivity contribution in [1.29, 1.82) is 0 Å². The predicted octanol–water partition coefficient (Wildman–Crippen LogP) is 4.24. The molecule has 1 atom stereocenters. The lowest BCUT2D eigenvalue weighted by Crippen LogP contribution is -2.29. The second kappa shape index (κ2) is 7.81. The Bertz CT molecular complexity index is 1370. The van der Waals surface area contributed by atoms with Crippen LogP contribution in [0.1, 0.15) is 16.7 Å². The molecule has 5 rings (SSSR count). The summed E-state index contributed by atoms with van der Waals surface area (Å²) in [6, 6.07) is 18.4. The van der Waals surface area contributed by atoms with Crippen LogP contribution < -0.4 is 4.74 Å². The van der Waals surface area contributed by atoms with Crippen LogP contribution in [0.15, 0.2) is 72.3 Å². The van der Waals surface area contributed by atoms with Crippen LogP contribution in [-0.2, 0) is 21.7 Å². The van der Waals surface area contributed by atoms with E-state index in [-0.39, 0.29) is 17.7 Å². The maximum atomic E-state index is 14.4. The summed E-state index contributed by atoms with van der Waals surface area (Å²) >= 11 is 1.07. The number of aliphatic hydroxyl groups is 1. The van der Waals surface area contributed by atoms with Crippen molar-refractivity contribution in [2.24, 2.45) is 0 Å². The lowest BCUT2D eigenvalue weighted by molar-refractivity contribution is -0.185. The standard InChI is InChI=1S/C24H17FN2O4S/c1-30-21-10-7-14(12-18(21)25)11-17-22(15-8-9-19-20(13-15)27-32-26-19)23(28)31-24(17,29)16-5-3-2-4-6-16/h2-10,12-13,29H,11H2,1H3. The van der Waals surface area contributed by atoms with E-state index in [2.05, 4.69) is 8.75 Å². The van der Waals surface area contributed by atoms with Gasteiger partial charge in [-0.1, -0.05) is 42.5 Å². The minimum atomic E-state index is -1.99. The maximum Gasteiger partial charge on any atom is 0.342 e. The van der Waals surface area contributed by atoms with E-state index in [1.54, 1.807) is 54.6 Å². The molecule has 0 saturated carbocycles. The van der Waals surface area contributed by atoms with Crippen molar-refractivity contribution in [3.05, 3.63) is 94.8 Å². The molecule has 160 valence electrons. The average molecular weight is 448 g/mol. The first kappa shape index (κ1) is 20.3. The lowest BCUT2D eigenvalue weighted by atomic mass is 9.88. The highest BCUT2D eigenvalue weighted by Gasteiger charge is 2.48. The number of ether oxygens (including phenoxy) is 2. The van der Waals surface area contributed by atoms with Gasteiger partial charge in [0.1, 0.15) is 11.0 Å². The molecule has 3 aromatic carbocycles. The number of nitrogens with zero attached hydrogens (tertiary/aromatic N) is 2. The molecule has 32 heavy (non-hydrogen) atoms. The molecule has 4 aromatic rings. The molecule has 0 aliphatic carbocycles. The molecule has 0 amide bonds. The second-order valence-corrected chi connectivity index (χ2v) is 7.89. The van der Waals surface area contributed by atoms with Gasteiger partial charge in [-0.05, 0) is 35.4 Å². The molecule has 0 fully saturated rings. The number of cyclic esters (lactones) is 1. The molecule has 0 radical (unpaired) electrons. The SMILES string of the molecule is COc1ccc(CC2=C(c3ccc4nsnc4c3)C(=O)OC2(O)c2ccccc2)cc1F. The Hall–Kier alpha value is -3.62. The van der Waals surface area contributed by atoms with Gasteiger partial charge < -0.3 is 14.6 Å². The molecule has 8 heteroatoms. The van der Waals surface area contributed by atoms with Crippen LogP contribution in [0.2, 0.25) is 0 Å². The maximum absolute atomic E-state index is 14.4. The van der Waals surface area contributed by atoms with E-state index in [1.807, 2.05) is 0 Å². The summed E-state index contributed by atoms with van der Waals surface area (Å²) in [5.41, 5.74) is 3.40. The van der Waals surface area contributed by atoms with Crippen LogP contribution in [0, 0.1) is 5.82 Å². The molecule has 1 aliphatic heterocycles. The highest BCUT2D eigenvalue weighted by molar-refractivity contribution is 7.00. The van der Waals surface area contributed by atoms with Crippen LogP contribution in [0.25, 0.3) is 16.6 Å². The Morgan fingerprint density at radius 2 is 1.84 bits per heavy atom. The van der Waals surface area contributed by atoms with Crippen molar-refractivity contribution < 1.29 is 23.8 Å². The quantitative estimate of drug-likeness (QED) is 0.460. The van der Waals surface area contributed by atoms with Crippen molar-refractivity contribution in [2.45, 2.75) is 12.2 Å². The number of hydrogen-bond donors (Lipinski definition) is 1. The van der Waals surface area contributed by atoms with Crippen LogP contribution >= 0.6 is 11.7 Å². The number of rotatable bonds is 5. The summed E-state index contributed by atoms with van der Waals surface area (Å²) in [6.45, 7) is 0. The number of halogens is 1. The van der Waals surface area contributed by atoms with Gasteiger partial charge in [-0.2, -0.15) is 8.75 Å². The van der Waals surface area contributed by atoms with Gasteiger partial charge in [0, 0.05) is 17.6 Å². The van der Waals surface area contributed by atoms with Gasteiger partial charge in [0.25, 0.3) is 5.79 Å². The van der Waals surface area contributed by atoms with Gasteiger partial charge in [-0.15, -0.1) is 0 Å². The Morgan fingerprint density at radius 1 is 1.06 bits per heavy atom. The van der Waals surface area contributed by atoms with Crippen molar-refractivity contribution in [3.63, 3.8) is 0 Å². The van der Waals surface area contributed by atoms with Crippen molar-refractivity contribution in [2.75, 3.05) is 7.11 Å². The number of benzene rings is 3. The van der Waals surface area contributed by atoms with Gasteiger partial charge in [-0.3, -0.25) is 0 Å². The molecule has 1 aliphatic rings. The third-order valence-corrected chi connectivity index (χ3v) is 6.02. The first-order chi connectivity index (χ1) is 15.5. The normalized spacial score (nSPS) is 18.3. The Morgan fingerprint density at radius 3 is 2.59 bits per heavy atom. The fraction of sp³-hybridized carbons (Fsp3) is 0.125. The Kier molecular flexibility index (Phi) is 4.96. The van der Waals surface area contributed by atoms with Gasteiger partial charge >= 0.3 is 5.97 Å². The number of methoxy groups -OCH3 is 1. The van der Waals surface area contributed by atoms with Crippen LogP contribution in [0.5, 0.6) is 5.75 Å². The molecule has 0 spiro atoms. The molecule has 0 bridgehead atoms. The molecular weight excluding hydrogens is 431 g/mol. The molecule has 1 N–H and O–H groups in total. The first-order valence-corrected chi connectivity index (χ1v) is 10.5. The van der Waals surface area contributed by atoms with E-state index < -0.39 is 17.6 Å². The molecule has 1 aromatic heterocycles. The average Bonchev–Trinajstić information content (AvgIpc) is 3.36. The van der Waals surface area contributed by atoms with E-state index in [4.69, 9.17) is 9.47 Å². The molecular formula is C24H17FN2O4S. The van der Waals surface area contributed by atoms with E-state index in [1.165, 1.54) is 19.2 Å². The fourth-order valence-corrected chi connectivity index (χ4v) is 4.42. The van der Waals surface area contributed by atoms with E-state index in [9.17, 15) is 14.3 Å². The summed E-state index contributed by atoms with van der Waals surface area (Å²) in [7, 11) is 1.39. The van der Waals surface area contributed by atoms with Crippen LogP contribution in [0.4, 0.5) is 4.39 Å². The molecule has 2 heterocycles. The van der Waals surface area contributed by atoms with Gasteiger partial charge in [0.2, 0.25) is 0 Å². The minimum absolute atomic E-state index is 0.0841. The summed E-state index contributed by atoms with van der Waals surface area (Å²) in [4.78, 5) is 13.0. The number of aromatic nitrogens is 2. The van der Waals surface area contributed by atoms with Gasteiger partial charge in [0.15, 0.2) is 11.6 Å². The largest absolute Gasteiger partial charge is 0.494 e. The highest BCUT2D eigenvalue weighted by atomic mass is 32.1. The van der Waals surface area contributed by atoms with E-state index >= 15 is 0 Å². The topological polar surface area (TPSA) is 81.5 Å². The number of carbonyl (C=O) groups excluding carboxylic acids is 1. The number of fused-ring (bicyclic) bond motifs is 1. The van der Waals surface area contributed by atoms with Crippen molar-refractivity contribution in [1.82, 2.24) is 8.75 Å². The van der Waals surface area contributed by atoms with Crippen LogP contribution in [0.3, 0.4) is 0 Å². The molecule has 0 saturated heterocycles. The number of esters is 1. The zero-order valence-electron chi connectivity index (χ0n) is 16.9. The number of carbonyl (C=O) groups is 1. The highest BCUT2D eigenvalue weighted by Crippen LogP contribution is 2.45. The third-order valence-electron chi connectivity index (χ3n) is 5.46. The number of hydrogen-bond acceptors (Lipinski definition) is 7. The summed E-state index contributed by atoms with van der Waals surface area (Å²) < 4.78 is 33.3. The fourth-order valence-electron chi connectivity index (χ4n) is 3.90. The Balaban J connectivity index is 1.69. The zero-order valence-corrected chi connectivity index (χ0v) is 17.7. The monoisotopic (exact) mass is 448 g/mol. The van der Waals surface area contributed by atoms with Gasteiger partial charge in [0.05, 0.1) is 24.4 Å². The zero-order chi connectivity index (χ0) is 22.3. The van der Waals surface area contributed by atoms with Gasteiger partial charge in [-0.25, -0.2) is 9.18 Å². The molecule has 6 nitrogen and oxygen atoms in total. The third kappa shape index (κ3) is 3.34. The summed E-state index contributed by atoms with van der Waals surface area (Å²) in [5.74, 6) is -3.07.